The fraction of sp³-hybridized carbons (Fsp3) is 0.643. The lowest BCUT2D eigenvalue weighted by atomic mass is 10.2. The molecule has 0 aliphatic carbocycles. The van der Waals surface area contributed by atoms with Gasteiger partial charge in [0.25, 0.3) is 0 Å². The maximum absolute atomic E-state index is 4.65. The van der Waals surface area contributed by atoms with E-state index in [1.54, 1.807) is 0 Å². The van der Waals surface area contributed by atoms with Gasteiger partial charge < -0.3 is 10.2 Å². The van der Waals surface area contributed by atoms with Crippen LogP contribution in [0.2, 0.25) is 0 Å². The van der Waals surface area contributed by atoms with E-state index in [0.717, 1.165) is 6.54 Å². The topological polar surface area (TPSA) is 28.2 Å². The van der Waals surface area contributed by atoms with Crippen molar-refractivity contribution in [3.8, 4) is 0 Å². The van der Waals surface area contributed by atoms with Gasteiger partial charge in [0, 0.05) is 25.8 Å². The monoisotopic (exact) mass is 233 g/mol. The molecule has 3 nitrogen and oxygen atoms in total. The van der Waals surface area contributed by atoms with Crippen LogP contribution in [0.15, 0.2) is 12.3 Å². The van der Waals surface area contributed by atoms with E-state index in [1.807, 2.05) is 13.2 Å². The average Bonchev–Trinajstić information content (AvgIpc) is 2.58. The Kier molecular flexibility index (Phi) is 4.37. The van der Waals surface area contributed by atoms with Gasteiger partial charge in [-0.2, -0.15) is 0 Å². The molecule has 3 heteroatoms. The number of rotatable bonds is 3. The number of pyridine rings is 1. The summed E-state index contributed by atoms with van der Waals surface area (Å²) in [6.45, 7) is 5.40. The molecule has 0 unspecified atom stereocenters. The van der Waals surface area contributed by atoms with Crippen LogP contribution in [0.5, 0.6) is 0 Å². The first-order valence-electron chi connectivity index (χ1n) is 6.66. The number of nitrogens with one attached hydrogen (secondary N) is 1. The van der Waals surface area contributed by atoms with Crippen molar-refractivity contribution in [3.05, 3.63) is 23.4 Å². The summed E-state index contributed by atoms with van der Waals surface area (Å²) in [5, 5.41) is 3.17. The summed E-state index contributed by atoms with van der Waals surface area (Å²) in [5.74, 6) is 1.19. The van der Waals surface area contributed by atoms with Crippen molar-refractivity contribution in [2.45, 2.75) is 39.2 Å². The Morgan fingerprint density at radius 3 is 2.53 bits per heavy atom. The number of hydrogen-bond donors (Lipinski definition) is 1. The van der Waals surface area contributed by atoms with Crippen molar-refractivity contribution in [2.75, 3.05) is 25.0 Å². The predicted molar refractivity (Wildman–Crippen MR) is 72.4 cm³/mol. The van der Waals surface area contributed by atoms with Gasteiger partial charge >= 0.3 is 0 Å². The maximum atomic E-state index is 4.65. The highest BCUT2D eigenvalue weighted by Crippen LogP contribution is 2.21. The highest BCUT2D eigenvalue weighted by molar-refractivity contribution is 5.47. The van der Waals surface area contributed by atoms with E-state index in [0.29, 0.717) is 0 Å². The predicted octanol–water partition coefficient (Wildman–Crippen LogP) is 2.49. The molecule has 0 radical (unpaired) electrons. The minimum Gasteiger partial charge on any atom is -0.356 e. The minimum absolute atomic E-state index is 0.897. The van der Waals surface area contributed by atoms with Gasteiger partial charge in [-0.1, -0.05) is 12.8 Å². The van der Waals surface area contributed by atoms with Gasteiger partial charge in [0.1, 0.15) is 5.82 Å². The SMILES string of the molecule is CNCc1cnc(N2CCCCCC2)c(C)c1. The van der Waals surface area contributed by atoms with Crippen LogP contribution in [0.4, 0.5) is 5.82 Å². The van der Waals surface area contributed by atoms with E-state index in [9.17, 15) is 0 Å². The standard InChI is InChI=1S/C14H23N3/c1-12-9-13(10-15-2)11-16-14(12)17-7-5-3-4-6-8-17/h9,11,15H,3-8,10H2,1-2H3. The number of aromatic nitrogens is 1. The molecule has 0 amide bonds. The molecule has 0 saturated carbocycles. The summed E-state index contributed by atoms with van der Waals surface area (Å²) in [5.41, 5.74) is 2.57. The Labute approximate surface area is 104 Å². The number of aryl methyl sites for hydroxylation is 1. The first kappa shape index (κ1) is 12.4. The first-order chi connectivity index (χ1) is 8.31. The molecule has 1 N–H and O–H groups in total. The van der Waals surface area contributed by atoms with E-state index >= 15 is 0 Å². The van der Waals surface area contributed by atoms with Gasteiger partial charge in [-0.05, 0) is 44.0 Å². The molecule has 1 aromatic rings. The van der Waals surface area contributed by atoms with Gasteiger partial charge in [0.2, 0.25) is 0 Å². The Bertz CT molecular complexity index is 354. The normalized spacial score (nSPS) is 16.9. The fourth-order valence-corrected chi connectivity index (χ4v) is 2.54. The molecule has 0 spiro atoms. The zero-order chi connectivity index (χ0) is 12.1. The van der Waals surface area contributed by atoms with Crippen LogP contribution < -0.4 is 10.2 Å². The molecule has 1 saturated heterocycles. The van der Waals surface area contributed by atoms with Crippen LogP contribution in [0.3, 0.4) is 0 Å². The average molecular weight is 233 g/mol. The smallest absolute Gasteiger partial charge is 0.131 e. The zero-order valence-corrected chi connectivity index (χ0v) is 11.0. The second-order valence-electron chi connectivity index (χ2n) is 4.92. The molecular formula is C14H23N3. The lowest BCUT2D eigenvalue weighted by Crippen LogP contribution is -2.25. The molecule has 17 heavy (non-hydrogen) atoms. The van der Waals surface area contributed by atoms with Crippen molar-refractivity contribution in [1.29, 1.82) is 0 Å². The summed E-state index contributed by atoms with van der Waals surface area (Å²) < 4.78 is 0. The van der Waals surface area contributed by atoms with Crippen molar-refractivity contribution in [3.63, 3.8) is 0 Å². The third kappa shape index (κ3) is 3.19. The van der Waals surface area contributed by atoms with E-state index in [-0.39, 0.29) is 0 Å². The number of hydrogen-bond acceptors (Lipinski definition) is 3. The molecule has 94 valence electrons. The van der Waals surface area contributed by atoms with Crippen molar-refractivity contribution in [2.24, 2.45) is 0 Å². The third-order valence-corrected chi connectivity index (χ3v) is 3.39. The summed E-state index contributed by atoms with van der Waals surface area (Å²) >= 11 is 0. The van der Waals surface area contributed by atoms with Gasteiger partial charge in [-0.25, -0.2) is 4.98 Å². The Morgan fingerprint density at radius 2 is 1.94 bits per heavy atom. The minimum atomic E-state index is 0.897. The van der Waals surface area contributed by atoms with Gasteiger partial charge in [-0.3, -0.25) is 0 Å². The molecule has 2 heterocycles. The molecule has 1 fully saturated rings. The Hall–Kier alpha value is -1.09. The lowest BCUT2D eigenvalue weighted by Gasteiger charge is -2.23. The summed E-state index contributed by atoms with van der Waals surface area (Å²) in [6, 6.07) is 2.25. The molecule has 0 atom stereocenters. The highest BCUT2D eigenvalue weighted by Gasteiger charge is 2.13. The third-order valence-electron chi connectivity index (χ3n) is 3.39. The summed E-state index contributed by atoms with van der Waals surface area (Å²) in [6.07, 6.45) is 7.35. The molecular weight excluding hydrogens is 210 g/mol. The zero-order valence-electron chi connectivity index (χ0n) is 11.0. The van der Waals surface area contributed by atoms with Crippen LogP contribution in [0.25, 0.3) is 0 Å². The van der Waals surface area contributed by atoms with Gasteiger partial charge in [0.15, 0.2) is 0 Å². The van der Waals surface area contributed by atoms with Crippen LogP contribution in [0, 0.1) is 6.92 Å². The van der Waals surface area contributed by atoms with Crippen LogP contribution in [-0.4, -0.2) is 25.1 Å². The van der Waals surface area contributed by atoms with Crippen LogP contribution in [-0.2, 0) is 6.54 Å². The fourth-order valence-electron chi connectivity index (χ4n) is 2.54. The first-order valence-corrected chi connectivity index (χ1v) is 6.66. The van der Waals surface area contributed by atoms with E-state index in [1.165, 1.54) is 55.7 Å². The second kappa shape index (κ2) is 6.01. The van der Waals surface area contributed by atoms with E-state index in [2.05, 4.69) is 28.2 Å². The van der Waals surface area contributed by atoms with Crippen molar-refractivity contribution < 1.29 is 0 Å². The summed E-state index contributed by atoms with van der Waals surface area (Å²) in [4.78, 5) is 7.10. The van der Waals surface area contributed by atoms with E-state index in [4.69, 9.17) is 0 Å². The van der Waals surface area contributed by atoms with Crippen LogP contribution >= 0.6 is 0 Å². The second-order valence-corrected chi connectivity index (χ2v) is 4.92. The molecule has 2 rings (SSSR count). The summed E-state index contributed by atoms with van der Waals surface area (Å²) in [7, 11) is 1.97. The lowest BCUT2D eigenvalue weighted by molar-refractivity contribution is 0.726. The maximum Gasteiger partial charge on any atom is 0.131 e. The highest BCUT2D eigenvalue weighted by atomic mass is 15.2. The molecule has 0 aromatic carbocycles. The van der Waals surface area contributed by atoms with Crippen molar-refractivity contribution >= 4 is 5.82 Å². The Balaban J connectivity index is 2.14. The van der Waals surface area contributed by atoms with E-state index < -0.39 is 0 Å². The number of nitrogens with zero attached hydrogens (tertiary/aromatic N) is 2. The van der Waals surface area contributed by atoms with Gasteiger partial charge in [0.05, 0.1) is 0 Å². The molecule has 1 aliphatic heterocycles. The van der Waals surface area contributed by atoms with Gasteiger partial charge in [-0.15, -0.1) is 0 Å². The van der Waals surface area contributed by atoms with Crippen molar-refractivity contribution in [1.82, 2.24) is 10.3 Å². The number of anilines is 1. The largest absolute Gasteiger partial charge is 0.356 e. The van der Waals surface area contributed by atoms with Crippen LogP contribution in [0.1, 0.15) is 36.8 Å². The molecule has 1 aromatic heterocycles. The molecule has 0 bridgehead atoms. The Morgan fingerprint density at radius 1 is 1.24 bits per heavy atom. The molecule has 1 aliphatic rings. The quantitative estimate of drug-likeness (QED) is 0.869.